The van der Waals surface area contributed by atoms with Crippen molar-refractivity contribution in [1.29, 1.82) is 0 Å². The van der Waals surface area contributed by atoms with Crippen molar-refractivity contribution in [3.8, 4) is 5.75 Å². The summed E-state index contributed by atoms with van der Waals surface area (Å²) in [5.41, 5.74) is 0. The zero-order valence-corrected chi connectivity index (χ0v) is 9.78. The normalized spacial score (nSPS) is 12.0. The predicted octanol–water partition coefficient (Wildman–Crippen LogP) is 2.20. The molecule has 0 aromatic heterocycles. The van der Waals surface area contributed by atoms with E-state index in [0.29, 0.717) is 10.8 Å². The Kier molecular flexibility index (Phi) is 3.97. The SMILES string of the molecule is CC(Oc1cccc(Cl)c1)C(=O)N(C)C. The number of amides is 1. The number of halogens is 1. The van der Waals surface area contributed by atoms with E-state index in [1.165, 1.54) is 4.90 Å². The van der Waals surface area contributed by atoms with Gasteiger partial charge >= 0.3 is 0 Å². The summed E-state index contributed by atoms with van der Waals surface area (Å²) in [5.74, 6) is 0.528. The van der Waals surface area contributed by atoms with Crippen LogP contribution in [0.1, 0.15) is 6.92 Å². The minimum atomic E-state index is -0.501. The molecule has 0 radical (unpaired) electrons. The first kappa shape index (κ1) is 11.9. The minimum absolute atomic E-state index is 0.0741. The van der Waals surface area contributed by atoms with E-state index in [1.54, 1.807) is 45.3 Å². The van der Waals surface area contributed by atoms with Gasteiger partial charge in [0.1, 0.15) is 5.75 Å². The fourth-order valence-corrected chi connectivity index (χ4v) is 1.34. The van der Waals surface area contributed by atoms with Gasteiger partial charge in [0.2, 0.25) is 0 Å². The molecule has 0 saturated carbocycles. The van der Waals surface area contributed by atoms with E-state index in [1.807, 2.05) is 0 Å². The molecule has 4 heteroatoms. The van der Waals surface area contributed by atoms with Crippen LogP contribution in [-0.4, -0.2) is 31.0 Å². The number of likely N-dealkylation sites (N-methyl/N-ethyl adjacent to an activating group) is 1. The number of hydrogen-bond acceptors (Lipinski definition) is 2. The Balaban J connectivity index is 2.66. The average molecular weight is 228 g/mol. The first-order valence-electron chi connectivity index (χ1n) is 4.64. The molecule has 0 spiro atoms. The van der Waals surface area contributed by atoms with Crippen molar-refractivity contribution in [1.82, 2.24) is 4.90 Å². The van der Waals surface area contributed by atoms with Crippen LogP contribution in [0.5, 0.6) is 5.75 Å². The first-order chi connectivity index (χ1) is 7.00. The second-order valence-corrected chi connectivity index (χ2v) is 3.89. The Morgan fingerprint density at radius 1 is 1.47 bits per heavy atom. The molecule has 15 heavy (non-hydrogen) atoms. The number of benzene rings is 1. The number of carbonyl (C=O) groups is 1. The number of hydrogen-bond donors (Lipinski definition) is 0. The van der Waals surface area contributed by atoms with E-state index in [-0.39, 0.29) is 5.91 Å². The fraction of sp³-hybridized carbons (Fsp3) is 0.364. The van der Waals surface area contributed by atoms with Crippen LogP contribution in [0.2, 0.25) is 5.02 Å². The Bertz CT molecular complexity index is 352. The quantitative estimate of drug-likeness (QED) is 0.792. The van der Waals surface area contributed by atoms with Gasteiger partial charge in [0, 0.05) is 19.1 Å². The van der Waals surface area contributed by atoms with E-state index in [2.05, 4.69) is 0 Å². The monoisotopic (exact) mass is 227 g/mol. The van der Waals surface area contributed by atoms with Gasteiger partial charge in [-0.1, -0.05) is 17.7 Å². The third kappa shape index (κ3) is 3.44. The summed E-state index contributed by atoms with van der Waals surface area (Å²) in [7, 11) is 3.39. The van der Waals surface area contributed by atoms with Gasteiger partial charge < -0.3 is 9.64 Å². The van der Waals surface area contributed by atoms with E-state index in [9.17, 15) is 4.79 Å². The number of nitrogens with zero attached hydrogens (tertiary/aromatic N) is 1. The molecule has 1 aromatic carbocycles. The van der Waals surface area contributed by atoms with Crippen molar-refractivity contribution in [3.05, 3.63) is 29.3 Å². The second kappa shape index (κ2) is 5.03. The lowest BCUT2D eigenvalue weighted by molar-refractivity contribution is -0.135. The molecule has 82 valence electrons. The summed E-state index contributed by atoms with van der Waals surface area (Å²) in [6.45, 7) is 1.71. The van der Waals surface area contributed by atoms with Crippen molar-refractivity contribution in [2.45, 2.75) is 13.0 Å². The fourth-order valence-electron chi connectivity index (χ4n) is 1.16. The van der Waals surface area contributed by atoms with Crippen molar-refractivity contribution >= 4 is 17.5 Å². The molecule has 1 aromatic rings. The molecular formula is C11H14ClNO2. The lowest BCUT2D eigenvalue weighted by atomic mass is 10.3. The van der Waals surface area contributed by atoms with Crippen LogP contribution in [0.25, 0.3) is 0 Å². The highest BCUT2D eigenvalue weighted by atomic mass is 35.5. The second-order valence-electron chi connectivity index (χ2n) is 3.45. The molecule has 1 atom stereocenters. The molecule has 0 saturated heterocycles. The van der Waals surface area contributed by atoms with Gasteiger partial charge in [-0.2, -0.15) is 0 Å². The maximum atomic E-state index is 11.5. The molecule has 1 unspecified atom stereocenters. The molecule has 3 nitrogen and oxygen atoms in total. The third-order valence-corrected chi connectivity index (χ3v) is 2.13. The molecule has 0 aliphatic carbocycles. The largest absolute Gasteiger partial charge is 0.481 e. The number of rotatable bonds is 3. The molecule has 1 amide bonds. The highest BCUT2D eigenvalue weighted by Crippen LogP contribution is 2.18. The van der Waals surface area contributed by atoms with Crippen LogP contribution < -0.4 is 4.74 Å². The summed E-state index contributed by atoms with van der Waals surface area (Å²) in [6, 6.07) is 6.99. The van der Waals surface area contributed by atoms with Crippen LogP contribution in [0, 0.1) is 0 Å². The van der Waals surface area contributed by atoms with Crippen LogP contribution in [0.15, 0.2) is 24.3 Å². The van der Waals surface area contributed by atoms with E-state index in [4.69, 9.17) is 16.3 Å². The zero-order chi connectivity index (χ0) is 11.4. The van der Waals surface area contributed by atoms with Crippen molar-refractivity contribution in [2.75, 3.05) is 14.1 Å². The van der Waals surface area contributed by atoms with Gasteiger partial charge in [-0.05, 0) is 25.1 Å². The molecule has 0 heterocycles. The number of ether oxygens (including phenoxy) is 1. The van der Waals surface area contributed by atoms with Crippen molar-refractivity contribution < 1.29 is 9.53 Å². The van der Waals surface area contributed by atoms with E-state index < -0.39 is 6.10 Å². The Morgan fingerprint density at radius 2 is 2.13 bits per heavy atom. The first-order valence-corrected chi connectivity index (χ1v) is 5.02. The maximum Gasteiger partial charge on any atom is 0.262 e. The van der Waals surface area contributed by atoms with Gasteiger partial charge in [-0.3, -0.25) is 4.79 Å². The van der Waals surface area contributed by atoms with Crippen LogP contribution in [-0.2, 0) is 4.79 Å². The Morgan fingerprint density at radius 3 is 2.67 bits per heavy atom. The van der Waals surface area contributed by atoms with Crippen molar-refractivity contribution in [3.63, 3.8) is 0 Å². The highest BCUT2D eigenvalue weighted by molar-refractivity contribution is 6.30. The topological polar surface area (TPSA) is 29.5 Å². The molecule has 0 bridgehead atoms. The molecular weight excluding hydrogens is 214 g/mol. The molecule has 0 aliphatic heterocycles. The van der Waals surface area contributed by atoms with E-state index >= 15 is 0 Å². The maximum absolute atomic E-state index is 11.5. The lowest BCUT2D eigenvalue weighted by Crippen LogP contribution is -2.35. The summed E-state index contributed by atoms with van der Waals surface area (Å²) >= 11 is 5.80. The highest BCUT2D eigenvalue weighted by Gasteiger charge is 2.16. The molecule has 1 rings (SSSR count). The summed E-state index contributed by atoms with van der Waals surface area (Å²) in [6.07, 6.45) is -0.501. The van der Waals surface area contributed by atoms with Gasteiger partial charge in [0.05, 0.1) is 0 Å². The van der Waals surface area contributed by atoms with Crippen LogP contribution >= 0.6 is 11.6 Å². The zero-order valence-electron chi connectivity index (χ0n) is 9.03. The van der Waals surface area contributed by atoms with Crippen LogP contribution in [0.4, 0.5) is 0 Å². The Labute approximate surface area is 94.6 Å². The summed E-state index contributed by atoms with van der Waals surface area (Å²) in [4.78, 5) is 13.0. The average Bonchev–Trinajstić information content (AvgIpc) is 2.16. The van der Waals surface area contributed by atoms with Gasteiger partial charge in [-0.15, -0.1) is 0 Å². The number of carbonyl (C=O) groups excluding carboxylic acids is 1. The van der Waals surface area contributed by atoms with Crippen LogP contribution in [0.3, 0.4) is 0 Å². The molecule has 0 N–H and O–H groups in total. The van der Waals surface area contributed by atoms with Gasteiger partial charge in [0.25, 0.3) is 5.91 Å². The Hall–Kier alpha value is -1.22. The van der Waals surface area contributed by atoms with Gasteiger partial charge in [0.15, 0.2) is 6.10 Å². The van der Waals surface area contributed by atoms with E-state index in [0.717, 1.165) is 0 Å². The molecule has 0 fully saturated rings. The molecule has 0 aliphatic rings. The predicted molar refractivity (Wildman–Crippen MR) is 60.2 cm³/mol. The standard InChI is InChI=1S/C11H14ClNO2/c1-8(11(14)13(2)3)15-10-6-4-5-9(12)7-10/h4-8H,1-3H3. The smallest absolute Gasteiger partial charge is 0.262 e. The lowest BCUT2D eigenvalue weighted by Gasteiger charge is -2.18. The minimum Gasteiger partial charge on any atom is -0.481 e. The summed E-state index contributed by atoms with van der Waals surface area (Å²) in [5, 5.41) is 0.594. The van der Waals surface area contributed by atoms with Crippen molar-refractivity contribution in [2.24, 2.45) is 0 Å². The summed E-state index contributed by atoms with van der Waals surface area (Å²) < 4.78 is 5.44. The van der Waals surface area contributed by atoms with Gasteiger partial charge in [-0.25, -0.2) is 0 Å². The third-order valence-electron chi connectivity index (χ3n) is 1.90.